The van der Waals surface area contributed by atoms with Crippen LogP contribution in [0.4, 0.5) is 26.3 Å². The molecule has 3 fully saturated rings. The zero-order valence-corrected chi connectivity index (χ0v) is 33.1. The lowest BCUT2D eigenvalue weighted by atomic mass is 10.0. The van der Waals surface area contributed by atoms with Crippen LogP contribution >= 0.6 is 0 Å². The summed E-state index contributed by atoms with van der Waals surface area (Å²) in [5, 5.41) is 0. The second-order valence-corrected chi connectivity index (χ2v) is 10.4. The molecule has 1 aliphatic heterocycles. The topological polar surface area (TPSA) is 18.5 Å². The number of benzene rings is 2. The molecule has 1 saturated heterocycles. The van der Waals surface area contributed by atoms with Gasteiger partial charge in [-0.1, -0.05) is 107 Å². The third-order valence-electron chi connectivity index (χ3n) is 6.44. The van der Waals surface area contributed by atoms with E-state index in [-0.39, 0.29) is 5.82 Å². The Hall–Kier alpha value is -2.06. The Morgan fingerprint density at radius 1 is 0.708 bits per heavy atom. The summed E-state index contributed by atoms with van der Waals surface area (Å²) < 4.78 is 81.4. The van der Waals surface area contributed by atoms with Gasteiger partial charge in [-0.2, -0.15) is 13.2 Å². The van der Waals surface area contributed by atoms with Crippen LogP contribution in [0.5, 0.6) is 0 Å². The molecule has 2 nitrogen and oxygen atoms in total. The van der Waals surface area contributed by atoms with E-state index in [1.165, 1.54) is 56.9 Å². The molecule has 0 N–H and O–H groups in total. The average molecular weight is 699 g/mol. The van der Waals surface area contributed by atoms with E-state index in [9.17, 15) is 26.3 Å². The van der Waals surface area contributed by atoms with Crippen molar-refractivity contribution in [3.63, 3.8) is 0 Å². The molecule has 0 aromatic heterocycles. The van der Waals surface area contributed by atoms with Crippen LogP contribution in [0.2, 0.25) is 0 Å². The van der Waals surface area contributed by atoms with Gasteiger partial charge >= 0.3 is 6.18 Å². The van der Waals surface area contributed by atoms with Crippen LogP contribution in [-0.2, 0) is 9.47 Å². The summed E-state index contributed by atoms with van der Waals surface area (Å²) in [5.74, 6) is 0.646. The number of aryl methyl sites for hydroxylation is 2. The van der Waals surface area contributed by atoms with Gasteiger partial charge in [-0.25, -0.2) is 13.2 Å². The molecule has 0 atom stereocenters. The molecule has 8 heteroatoms. The second-order valence-electron chi connectivity index (χ2n) is 10.4. The van der Waals surface area contributed by atoms with E-state index in [1.54, 1.807) is 26.2 Å². The Morgan fingerprint density at radius 3 is 1.33 bits per heavy atom. The maximum absolute atomic E-state index is 12.3. The summed E-state index contributed by atoms with van der Waals surface area (Å²) >= 11 is 0. The predicted molar refractivity (Wildman–Crippen MR) is 196 cm³/mol. The van der Waals surface area contributed by atoms with Crippen LogP contribution in [-0.4, -0.2) is 33.1 Å². The molecular formula is C40H72F6O2. The van der Waals surface area contributed by atoms with Crippen LogP contribution < -0.4 is 0 Å². The third kappa shape index (κ3) is 33.8. The zero-order valence-electron chi connectivity index (χ0n) is 33.1. The molecule has 48 heavy (non-hydrogen) atoms. The van der Waals surface area contributed by atoms with Crippen molar-refractivity contribution in [2.24, 2.45) is 17.3 Å². The number of halogens is 6. The van der Waals surface area contributed by atoms with Crippen molar-refractivity contribution in [3.05, 3.63) is 71.0 Å². The van der Waals surface area contributed by atoms with Gasteiger partial charge in [0.05, 0.1) is 5.41 Å². The highest BCUT2D eigenvalue weighted by atomic mass is 19.4. The molecule has 0 unspecified atom stereocenters. The SMILES string of the molecule is CC.CC.CC.CC.CC.CC1(C(F)(F)F)CC1.CC1CCOCC1.COCC1CC1.Cc1ccc(F)cc1.Cc1ccc(F)cc1F. The summed E-state index contributed by atoms with van der Waals surface area (Å²) in [6.45, 7) is 30.0. The van der Waals surface area contributed by atoms with Gasteiger partial charge in [-0.3, -0.25) is 0 Å². The number of hydrogen-bond donors (Lipinski definition) is 0. The minimum atomic E-state index is -3.95. The molecule has 2 aromatic rings. The zero-order chi connectivity index (χ0) is 38.8. The van der Waals surface area contributed by atoms with Gasteiger partial charge in [0.25, 0.3) is 0 Å². The Labute approximate surface area is 292 Å². The molecule has 286 valence electrons. The first-order valence-corrected chi connectivity index (χ1v) is 18.0. The van der Waals surface area contributed by atoms with E-state index in [4.69, 9.17) is 9.47 Å². The van der Waals surface area contributed by atoms with Gasteiger partial charge in [-0.05, 0) is 88.0 Å². The Bertz CT molecular complexity index is 879. The first kappa shape index (κ1) is 55.4. The number of methoxy groups -OCH3 is 1. The Balaban J connectivity index is -0.000000151. The normalized spacial score (nSPS) is 14.6. The fourth-order valence-corrected chi connectivity index (χ4v) is 2.91. The van der Waals surface area contributed by atoms with Crippen LogP contribution in [0.15, 0.2) is 42.5 Å². The van der Waals surface area contributed by atoms with Crippen molar-refractivity contribution in [1.29, 1.82) is 0 Å². The van der Waals surface area contributed by atoms with Crippen molar-refractivity contribution in [2.45, 2.75) is 142 Å². The molecule has 0 spiro atoms. The minimum absolute atomic E-state index is 0.171. The fraction of sp³-hybridized carbons (Fsp3) is 0.700. The molecule has 3 aliphatic rings. The van der Waals surface area contributed by atoms with E-state index < -0.39 is 23.2 Å². The van der Waals surface area contributed by atoms with E-state index in [2.05, 4.69) is 6.92 Å². The monoisotopic (exact) mass is 699 g/mol. The standard InChI is InChI=1S/C7H6F2.C7H7F.C6H12O.C5H7F3.C5H10O.5C2H6/c1-5-2-3-6(8)4-7(5)9;1-6-2-4-7(8)5-3-6;1-6-2-4-7-5-3-6;1-4(2-3-4)5(6,7)8;1-6-4-5-2-3-5;5*1-2/h2-4H,1H3;2-5H,1H3;6H,2-5H2,1H3;2-3H2,1H3;5H,2-4H2,1H3;5*1-2H3. The lowest BCUT2D eigenvalue weighted by Gasteiger charge is -2.16. The van der Waals surface area contributed by atoms with E-state index in [0.29, 0.717) is 18.4 Å². The smallest absolute Gasteiger partial charge is 0.384 e. The van der Waals surface area contributed by atoms with Gasteiger partial charge in [-0.15, -0.1) is 0 Å². The lowest BCUT2D eigenvalue weighted by Crippen LogP contribution is -2.20. The molecule has 2 aliphatic carbocycles. The summed E-state index contributed by atoms with van der Waals surface area (Å²) in [4.78, 5) is 0. The van der Waals surface area contributed by atoms with Gasteiger partial charge < -0.3 is 9.47 Å². The van der Waals surface area contributed by atoms with Crippen LogP contribution in [0.25, 0.3) is 0 Å². The second kappa shape index (κ2) is 36.2. The summed E-state index contributed by atoms with van der Waals surface area (Å²) in [6, 6.07) is 9.91. The summed E-state index contributed by atoms with van der Waals surface area (Å²) in [5.41, 5.74) is 0.246. The lowest BCUT2D eigenvalue weighted by molar-refractivity contribution is -0.181. The number of rotatable bonds is 2. The minimum Gasteiger partial charge on any atom is -0.384 e. The first-order valence-electron chi connectivity index (χ1n) is 18.0. The Kier molecular flexibility index (Phi) is 41.8. The molecule has 2 saturated carbocycles. The van der Waals surface area contributed by atoms with Crippen molar-refractivity contribution in [1.82, 2.24) is 0 Å². The first-order chi connectivity index (χ1) is 22.8. The van der Waals surface area contributed by atoms with Crippen LogP contribution in [0.3, 0.4) is 0 Å². The highest BCUT2D eigenvalue weighted by Gasteiger charge is 2.59. The summed E-state index contributed by atoms with van der Waals surface area (Å²) in [7, 11) is 1.76. The number of ether oxygens (including phenoxy) is 2. The van der Waals surface area contributed by atoms with Gasteiger partial charge in [0.15, 0.2) is 0 Å². The molecule has 2 aromatic carbocycles. The molecule has 0 radical (unpaired) electrons. The maximum Gasteiger partial charge on any atom is 0.394 e. The molecule has 1 heterocycles. The largest absolute Gasteiger partial charge is 0.394 e. The van der Waals surface area contributed by atoms with Crippen LogP contribution in [0.1, 0.15) is 133 Å². The molecule has 5 rings (SSSR count). The van der Waals surface area contributed by atoms with E-state index in [0.717, 1.165) is 43.3 Å². The van der Waals surface area contributed by atoms with Crippen molar-refractivity contribution < 1.29 is 35.8 Å². The molecule has 0 bridgehead atoms. The van der Waals surface area contributed by atoms with Crippen molar-refractivity contribution >= 4 is 0 Å². The fourth-order valence-electron chi connectivity index (χ4n) is 2.91. The van der Waals surface area contributed by atoms with Crippen LogP contribution in [0, 0.1) is 48.5 Å². The number of hydrogen-bond acceptors (Lipinski definition) is 2. The molecular weight excluding hydrogens is 626 g/mol. The molecule has 0 amide bonds. The van der Waals surface area contributed by atoms with Gasteiger partial charge in [0.1, 0.15) is 17.5 Å². The highest BCUT2D eigenvalue weighted by molar-refractivity contribution is 5.16. The van der Waals surface area contributed by atoms with Gasteiger partial charge in [0.2, 0.25) is 0 Å². The summed E-state index contributed by atoms with van der Waals surface area (Å²) in [6.07, 6.45) is 2.00. The quantitative estimate of drug-likeness (QED) is 0.291. The van der Waals surface area contributed by atoms with Crippen molar-refractivity contribution in [2.75, 3.05) is 26.9 Å². The predicted octanol–water partition coefficient (Wildman–Crippen LogP) is 14.4. The van der Waals surface area contributed by atoms with E-state index in [1.807, 2.05) is 76.2 Å². The van der Waals surface area contributed by atoms with Crippen molar-refractivity contribution in [3.8, 4) is 0 Å². The highest BCUT2D eigenvalue weighted by Crippen LogP contribution is 2.56. The number of alkyl halides is 3. The maximum atomic E-state index is 12.3. The van der Waals surface area contributed by atoms with E-state index >= 15 is 0 Å². The third-order valence-corrected chi connectivity index (χ3v) is 6.44. The Morgan fingerprint density at radius 2 is 1.12 bits per heavy atom. The van der Waals surface area contributed by atoms with Gasteiger partial charge in [0, 0.05) is 33.0 Å². The average Bonchev–Trinajstić information content (AvgIpc) is 4.05.